The third-order valence-corrected chi connectivity index (χ3v) is 5.00. The number of aromatic nitrogens is 1. The van der Waals surface area contributed by atoms with Crippen LogP contribution in [0.5, 0.6) is 5.88 Å². The van der Waals surface area contributed by atoms with Crippen molar-refractivity contribution in [3.05, 3.63) is 23.9 Å². The summed E-state index contributed by atoms with van der Waals surface area (Å²) in [4.78, 5) is 18.7. The molecule has 1 aromatic rings. The second kappa shape index (κ2) is 7.94. The van der Waals surface area contributed by atoms with Crippen LogP contribution in [0.3, 0.4) is 0 Å². The van der Waals surface area contributed by atoms with Gasteiger partial charge in [0.2, 0.25) is 11.8 Å². The number of amides is 1. The Labute approximate surface area is 143 Å². The van der Waals surface area contributed by atoms with Crippen LogP contribution in [0, 0.1) is 0 Å². The third kappa shape index (κ3) is 4.24. The van der Waals surface area contributed by atoms with E-state index < -0.39 is 0 Å². The van der Waals surface area contributed by atoms with Crippen LogP contribution in [0.25, 0.3) is 0 Å². The summed E-state index contributed by atoms with van der Waals surface area (Å²) >= 11 is 0. The molecule has 1 N–H and O–H groups in total. The quantitative estimate of drug-likeness (QED) is 0.859. The van der Waals surface area contributed by atoms with Crippen molar-refractivity contribution in [2.45, 2.75) is 56.9 Å². The Morgan fingerprint density at radius 2 is 2.17 bits per heavy atom. The summed E-state index contributed by atoms with van der Waals surface area (Å²) in [5.74, 6) is 0.707. The lowest BCUT2D eigenvalue weighted by Gasteiger charge is -2.18. The van der Waals surface area contributed by atoms with Crippen LogP contribution in [0.15, 0.2) is 18.3 Å². The minimum Gasteiger partial charge on any atom is -0.474 e. The van der Waals surface area contributed by atoms with E-state index in [1.807, 2.05) is 24.1 Å². The van der Waals surface area contributed by atoms with Gasteiger partial charge in [0.15, 0.2) is 0 Å². The first-order chi connectivity index (χ1) is 11.7. The average molecular weight is 333 g/mol. The number of hydrogen-bond acceptors (Lipinski definition) is 5. The maximum absolute atomic E-state index is 12.4. The van der Waals surface area contributed by atoms with Crippen molar-refractivity contribution in [2.75, 3.05) is 20.7 Å². The Kier molecular flexibility index (Phi) is 5.68. The summed E-state index contributed by atoms with van der Waals surface area (Å²) in [7, 11) is 3.66. The summed E-state index contributed by atoms with van der Waals surface area (Å²) in [6, 6.07) is 3.72. The number of likely N-dealkylation sites (N-methyl/N-ethyl adjacent to an activating group) is 1. The van der Waals surface area contributed by atoms with E-state index in [-0.39, 0.29) is 18.1 Å². The molecule has 2 fully saturated rings. The van der Waals surface area contributed by atoms with Gasteiger partial charge in [0.05, 0.1) is 12.1 Å². The van der Waals surface area contributed by atoms with Gasteiger partial charge in [-0.05, 0) is 50.8 Å². The Bertz CT molecular complexity index is 560. The summed E-state index contributed by atoms with van der Waals surface area (Å²) in [6.45, 7) is 1.29. The minimum absolute atomic E-state index is 0.0483. The van der Waals surface area contributed by atoms with Gasteiger partial charge in [-0.1, -0.05) is 0 Å². The van der Waals surface area contributed by atoms with Crippen molar-refractivity contribution >= 4 is 5.91 Å². The highest BCUT2D eigenvalue weighted by molar-refractivity contribution is 5.82. The predicted molar refractivity (Wildman–Crippen MR) is 90.8 cm³/mol. The zero-order valence-electron chi connectivity index (χ0n) is 14.5. The normalized spacial score (nSPS) is 25.1. The number of likely N-dealkylation sites (tertiary alicyclic amines) is 1. The summed E-state index contributed by atoms with van der Waals surface area (Å²) < 4.78 is 11.3. The van der Waals surface area contributed by atoms with Gasteiger partial charge in [-0.3, -0.25) is 9.69 Å². The number of hydrogen-bond donors (Lipinski definition) is 1. The lowest BCUT2D eigenvalue weighted by atomic mass is 10.2. The van der Waals surface area contributed by atoms with Gasteiger partial charge in [0, 0.05) is 32.5 Å². The maximum Gasteiger partial charge on any atom is 0.237 e. The second-order valence-electron chi connectivity index (χ2n) is 6.79. The number of pyridine rings is 1. The molecule has 2 atom stereocenters. The molecule has 0 radical (unpaired) electrons. The topological polar surface area (TPSA) is 63.7 Å². The SMILES string of the molecule is CO[C@H]1C[C@@H](C(=O)NCc2ccnc(OC3CCCC3)c2)N(C)C1. The number of ether oxygens (including phenoxy) is 2. The maximum atomic E-state index is 12.4. The first-order valence-corrected chi connectivity index (χ1v) is 8.78. The summed E-state index contributed by atoms with van der Waals surface area (Å²) in [6.07, 6.45) is 7.60. The van der Waals surface area contributed by atoms with Crippen LogP contribution in [-0.2, 0) is 16.1 Å². The van der Waals surface area contributed by atoms with Crippen molar-refractivity contribution in [1.82, 2.24) is 15.2 Å². The van der Waals surface area contributed by atoms with Gasteiger partial charge in [0.25, 0.3) is 0 Å². The van der Waals surface area contributed by atoms with Crippen LogP contribution in [0.1, 0.15) is 37.7 Å². The first kappa shape index (κ1) is 17.2. The van der Waals surface area contributed by atoms with Crippen molar-refractivity contribution in [3.63, 3.8) is 0 Å². The smallest absolute Gasteiger partial charge is 0.237 e. The van der Waals surface area contributed by atoms with E-state index in [0.717, 1.165) is 31.4 Å². The van der Waals surface area contributed by atoms with Crippen molar-refractivity contribution in [1.29, 1.82) is 0 Å². The van der Waals surface area contributed by atoms with E-state index >= 15 is 0 Å². The first-order valence-electron chi connectivity index (χ1n) is 8.78. The lowest BCUT2D eigenvalue weighted by molar-refractivity contribution is -0.125. The molecule has 0 bridgehead atoms. The zero-order chi connectivity index (χ0) is 16.9. The Balaban J connectivity index is 1.51. The molecule has 6 nitrogen and oxygen atoms in total. The van der Waals surface area contributed by atoms with E-state index in [0.29, 0.717) is 18.5 Å². The van der Waals surface area contributed by atoms with Gasteiger partial charge in [-0.15, -0.1) is 0 Å². The second-order valence-corrected chi connectivity index (χ2v) is 6.79. The minimum atomic E-state index is -0.119. The number of nitrogens with zero attached hydrogens (tertiary/aromatic N) is 2. The van der Waals surface area contributed by atoms with Gasteiger partial charge in [0.1, 0.15) is 6.10 Å². The lowest BCUT2D eigenvalue weighted by Crippen LogP contribution is -2.41. The molecular formula is C18H27N3O3. The Morgan fingerprint density at radius 3 is 2.88 bits per heavy atom. The van der Waals surface area contributed by atoms with Crippen molar-refractivity contribution < 1.29 is 14.3 Å². The Hall–Kier alpha value is -1.66. The van der Waals surface area contributed by atoms with E-state index in [9.17, 15) is 4.79 Å². The van der Waals surface area contributed by atoms with Crippen LogP contribution in [-0.4, -0.2) is 54.7 Å². The molecule has 0 unspecified atom stereocenters. The van der Waals surface area contributed by atoms with Crippen LogP contribution < -0.4 is 10.1 Å². The molecule has 1 aromatic heterocycles. The molecule has 24 heavy (non-hydrogen) atoms. The van der Waals surface area contributed by atoms with Gasteiger partial charge in [-0.25, -0.2) is 4.98 Å². The number of carbonyl (C=O) groups is 1. The molecule has 2 heterocycles. The fraction of sp³-hybridized carbons (Fsp3) is 0.667. The van der Waals surface area contributed by atoms with E-state index in [1.165, 1.54) is 12.8 Å². The number of nitrogens with one attached hydrogen (secondary N) is 1. The molecule has 1 aliphatic heterocycles. The highest BCUT2D eigenvalue weighted by Crippen LogP contribution is 2.23. The molecule has 1 saturated heterocycles. The van der Waals surface area contributed by atoms with Crippen LogP contribution in [0.4, 0.5) is 0 Å². The molecule has 132 valence electrons. The average Bonchev–Trinajstić information content (AvgIpc) is 3.22. The van der Waals surface area contributed by atoms with E-state index in [2.05, 4.69) is 10.3 Å². The van der Waals surface area contributed by atoms with Crippen LogP contribution >= 0.6 is 0 Å². The van der Waals surface area contributed by atoms with E-state index in [1.54, 1.807) is 13.3 Å². The molecule has 0 spiro atoms. The summed E-state index contributed by atoms with van der Waals surface area (Å²) in [5.41, 5.74) is 1.01. The molecule has 3 rings (SSSR count). The third-order valence-electron chi connectivity index (χ3n) is 5.00. The number of carbonyl (C=O) groups excluding carboxylic acids is 1. The standard InChI is InChI=1S/C18H27N3O3/c1-21-12-15(23-2)10-16(21)18(22)20-11-13-7-8-19-17(9-13)24-14-5-3-4-6-14/h7-9,14-16H,3-6,10-12H2,1-2H3,(H,20,22)/t15-,16-/m0/s1. The molecule has 0 aromatic carbocycles. The largest absolute Gasteiger partial charge is 0.474 e. The number of rotatable bonds is 6. The highest BCUT2D eigenvalue weighted by Gasteiger charge is 2.34. The molecule has 1 saturated carbocycles. The van der Waals surface area contributed by atoms with Crippen LogP contribution in [0.2, 0.25) is 0 Å². The fourth-order valence-electron chi connectivity index (χ4n) is 3.54. The molecule has 1 aliphatic carbocycles. The molecule has 1 amide bonds. The zero-order valence-corrected chi connectivity index (χ0v) is 14.5. The Morgan fingerprint density at radius 1 is 1.38 bits per heavy atom. The monoisotopic (exact) mass is 333 g/mol. The van der Waals surface area contributed by atoms with Crippen molar-refractivity contribution in [2.24, 2.45) is 0 Å². The highest BCUT2D eigenvalue weighted by atomic mass is 16.5. The van der Waals surface area contributed by atoms with Gasteiger partial charge >= 0.3 is 0 Å². The van der Waals surface area contributed by atoms with E-state index in [4.69, 9.17) is 9.47 Å². The molecule has 6 heteroatoms. The van der Waals surface area contributed by atoms with Gasteiger partial charge in [-0.2, -0.15) is 0 Å². The number of methoxy groups -OCH3 is 1. The predicted octanol–water partition coefficient (Wildman–Crippen LogP) is 1.74. The van der Waals surface area contributed by atoms with Gasteiger partial charge < -0.3 is 14.8 Å². The molecular weight excluding hydrogens is 306 g/mol. The molecule has 2 aliphatic rings. The fourth-order valence-corrected chi connectivity index (χ4v) is 3.54. The summed E-state index contributed by atoms with van der Waals surface area (Å²) in [5, 5.41) is 3.02. The van der Waals surface area contributed by atoms with Crippen molar-refractivity contribution in [3.8, 4) is 5.88 Å².